The molecule has 2 aromatic rings. The van der Waals surface area contributed by atoms with Crippen molar-refractivity contribution >= 4 is 17.6 Å². The zero-order valence-electron chi connectivity index (χ0n) is 12.0. The van der Waals surface area contributed by atoms with Gasteiger partial charge in [-0.2, -0.15) is 5.26 Å². The number of halogens is 1. The molecule has 0 saturated heterocycles. The highest BCUT2D eigenvalue weighted by molar-refractivity contribution is 6.32. The van der Waals surface area contributed by atoms with Gasteiger partial charge in [-0.25, -0.2) is 4.79 Å². The Kier molecular flexibility index (Phi) is 5.40. The topological polar surface area (TPSA) is 59.3 Å². The quantitative estimate of drug-likeness (QED) is 0.790. The van der Waals surface area contributed by atoms with Crippen LogP contribution in [0.2, 0.25) is 5.02 Å². The molecule has 0 spiro atoms. The molecule has 0 amide bonds. The third-order valence-electron chi connectivity index (χ3n) is 2.89. The van der Waals surface area contributed by atoms with Gasteiger partial charge in [-0.15, -0.1) is 0 Å². The molecule has 0 atom stereocenters. The summed E-state index contributed by atoms with van der Waals surface area (Å²) in [6.07, 6.45) is 0. The lowest BCUT2D eigenvalue weighted by Gasteiger charge is -2.09. The van der Waals surface area contributed by atoms with E-state index in [0.29, 0.717) is 16.3 Å². The first-order chi connectivity index (χ1) is 10.6. The van der Waals surface area contributed by atoms with Crippen LogP contribution in [0.5, 0.6) is 5.75 Å². The minimum atomic E-state index is -0.500. The smallest absolute Gasteiger partial charge is 0.344 e. The third-order valence-corrected chi connectivity index (χ3v) is 3.20. The van der Waals surface area contributed by atoms with Crippen molar-refractivity contribution in [2.45, 2.75) is 13.5 Å². The van der Waals surface area contributed by atoms with Crippen molar-refractivity contribution < 1.29 is 14.3 Å². The number of esters is 1. The monoisotopic (exact) mass is 315 g/mol. The second kappa shape index (κ2) is 7.48. The minimum Gasteiger partial charge on any atom is -0.480 e. The molecule has 0 bridgehead atoms. The van der Waals surface area contributed by atoms with E-state index in [9.17, 15) is 4.79 Å². The average Bonchev–Trinajstić information content (AvgIpc) is 2.54. The first-order valence-electron chi connectivity index (χ1n) is 6.62. The Morgan fingerprint density at radius 3 is 2.86 bits per heavy atom. The predicted octanol–water partition coefficient (Wildman–Crippen LogP) is 3.64. The van der Waals surface area contributed by atoms with Crippen LogP contribution in [-0.2, 0) is 16.1 Å². The Balaban J connectivity index is 1.85. The Morgan fingerprint density at radius 1 is 1.27 bits per heavy atom. The number of nitriles is 1. The van der Waals surface area contributed by atoms with Crippen molar-refractivity contribution in [3.63, 3.8) is 0 Å². The number of carbonyl (C=O) groups is 1. The normalized spacial score (nSPS) is 9.86. The van der Waals surface area contributed by atoms with Gasteiger partial charge in [0.25, 0.3) is 0 Å². The van der Waals surface area contributed by atoms with Crippen LogP contribution in [0, 0.1) is 18.3 Å². The zero-order valence-corrected chi connectivity index (χ0v) is 12.8. The van der Waals surface area contributed by atoms with E-state index in [2.05, 4.69) is 0 Å². The summed E-state index contributed by atoms with van der Waals surface area (Å²) in [7, 11) is 0. The third kappa shape index (κ3) is 4.51. The fourth-order valence-electron chi connectivity index (χ4n) is 1.79. The minimum absolute atomic E-state index is 0.0965. The summed E-state index contributed by atoms with van der Waals surface area (Å²) in [5.41, 5.74) is 2.26. The van der Waals surface area contributed by atoms with Crippen molar-refractivity contribution in [1.82, 2.24) is 0 Å². The molecule has 0 aliphatic rings. The molecule has 22 heavy (non-hydrogen) atoms. The van der Waals surface area contributed by atoms with Gasteiger partial charge in [0.05, 0.1) is 16.7 Å². The van der Waals surface area contributed by atoms with Crippen LogP contribution >= 0.6 is 11.6 Å². The van der Waals surface area contributed by atoms with Gasteiger partial charge in [-0.1, -0.05) is 29.8 Å². The fourth-order valence-corrected chi connectivity index (χ4v) is 1.97. The van der Waals surface area contributed by atoms with Gasteiger partial charge in [0, 0.05) is 0 Å². The Morgan fingerprint density at radius 2 is 2.09 bits per heavy atom. The summed E-state index contributed by atoms with van der Waals surface area (Å²) in [6.45, 7) is 1.78. The van der Waals surface area contributed by atoms with Gasteiger partial charge in [-0.3, -0.25) is 0 Å². The molecule has 112 valence electrons. The lowest BCUT2D eigenvalue weighted by Crippen LogP contribution is -2.15. The van der Waals surface area contributed by atoms with E-state index >= 15 is 0 Å². The van der Waals surface area contributed by atoms with Crippen LogP contribution in [0.1, 0.15) is 16.7 Å². The van der Waals surface area contributed by atoms with Gasteiger partial charge in [0.15, 0.2) is 6.61 Å². The van der Waals surface area contributed by atoms with Gasteiger partial charge < -0.3 is 9.47 Å². The standard InChI is InChI=1S/C17H14ClNO3/c1-12-5-6-15(18)16(7-12)21-11-17(20)22-10-14-4-2-3-13(8-14)9-19/h2-8H,10-11H2,1H3. The number of rotatable bonds is 5. The maximum Gasteiger partial charge on any atom is 0.344 e. The highest BCUT2D eigenvalue weighted by Crippen LogP contribution is 2.25. The zero-order chi connectivity index (χ0) is 15.9. The number of carbonyl (C=O) groups excluding carboxylic acids is 1. The van der Waals surface area contributed by atoms with Gasteiger partial charge in [0.1, 0.15) is 12.4 Å². The fraction of sp³-hybridized carbons (Fsp3) is 0.176. The van der Waals surface area contributed by atoms with Crippen molar-refractivity contribution in [3.8, 4) is 11.8 Å². The van der Waals surface area contributed by atoms with Crippen LogP contribution in [0.25, 0.3) is 0 Å². The van der Waals surface area contributed by atoms with Crippen molar-refractivity contribution in [2.24, 2.45) is 0 Å². The molecule has 2 rings (SSSR count). The van der Waals surface area contributed by atoms with Crippen LogP contribution in [-0.4, -0.2) is 12.6 Å². The largest absolute Gasteiger partial charge is 0.480 e. The summed E-state index contributed by atoms with van der Waals surface area (Å²) >= 11 is 5.98. The highest BCUT2D eigenvalue weighted by atomic mass is 35.5. The Bertz CT molecular complexity index is 722. The number of aryl methyl sites for hydroxylation is 1. The summed E-state index contributed by atoms with van der Waals surface area (Å²) in [5.74, 6) is -0.0509. The van der Waals surface area contributed by atoms with E-state index in [1.807, 2.05) is 19.1 Å². The molecule has 0 heterocycles. The molecule has 0 N–H and O–H groups in total. The molecule has 0 unspecified atom stereocenters. The molecular formula is C17H14ClNO3. The predicted molar refractivity (Wildman–Crippen MR) is 82.6 cm³/mol. The SMILES string of the molecule is Cc1ccc(Cl)c(OCC(=O)OCc2cccc(C#N)c2)c1. The van der Waals surface area contributed by atoms with Crippen LogP contribution in [0.4, 0.5) is 0 Å². The van der Waals surface area contributed by atoms with Crippen molar-refractivity contribution in [1.29, 1.82) is 5.26 Å². The van der Waals surface area contributed by atoms with E-state index in [0.717, 1.165) is 11.1 Å². The summed E-state index contributed by atoms with van der Waals surface area (Å²) in [4.78, 5) is 11.7. The second-order valence-corrected chi connectivity index (χ2v) is 5.10. The average molecular weight is 316 g/mol. The van der Waals surface area contributed by atoms with Gasteiger partial charge in [-0.05, 0) is 42.3 Å². The molecule has 0 radical (unpaired) electrons. The maximum atomic E-state index is 11.7. The Hall–Kier alpha value is -2.51. The molecule has 4 nitrogen and oxygen atoms in total. The van der Waals surface area contributed by atoms with Crippen molar-refractivity contribution in [2.75, 3.05) is 6.61 Å². The van der Waals surface area contributed by atoms with E-state index in [1.165, 1.54) is 0 Å². The second-order valence-electron chi connectivity index (χ2n) is 4.70. The summed E-state index contributed by atoms with van der Waals surface area (Å²) < 4.78 is 10.5. The van der Waals surface area contributed by atoms with Crippen molar-refractivity contribution in [3.05, 3.63) is 64.2 Å². The maximum absolute atomic E-state index is 11.7. The van der Waals surface area contributed by atoms with E-state index in [-0.39, 0.29) is 13.2 Å². The molecular weight excluding hydrogens is 302 g/mol. The molecule has 0 saturated carbocycles. The molecule has 0 aliphatic carbocycles. The lowest BCUT2D eigenvalue weighted by atomic mass is 10.1. The summed E-state index contributed by atoms with van der Waals surface area (Å²) in [5, 5.41) is 9.25. The lowest BCUT2D eigenvalue weighted by molar-refractivity contribution is -0.147. The molecule has 2 aromatic carbocycles. The van der Waals surface area contributed by atoms with E-state index < -0.39 is 5.97 Å². The first-order valence-corrected chi connectivity index (χ1v) is 7.00. The number of nitrogens with zero attached hydrogens (tertiary/aromatic N) is 1. The van der Waals surface area contributed by atoms with E-state index in [4.69, 9.17) is 26.3 Å². The molecule has 0 aliphatic heterocycles. The number of benzene rings is 2. The van der Waals surface area contributed by atoms with Crippen LogP contribution in [0.15, 0.2) is 42.5 Å². The first kappa shape index (κ1) is 15.9. The Labute approximate surface area is 133 Å². The van der Waals surface area contributed by atoms with Crippen LogP contribution < -0.4 is 4.74 Å². The van der Waals surface area contributed by atoms with Gasteiger partial charge >= 0.3 is 5.97 Å². The molecule has 5 heteroatoms. The molecule has 0 aromatic heterocycles. The van der Waals surface area contributed by atoms with Gasteiger partial charge in [0.2, 0.25) is 0 Å². The molecule has 0 fully saturated rings. The van der Waals surface area contributed by atoms with E-state index in [1.54, 1.807) is 36.4 Å². The van der Waals surface area contributed by atoms with Crippen LogP contribution in [0.3, 0.4) is 0 Å². The summed E-state index contributed by atoms with van der Waals surface area (Å²) in [6, 6.07) is 14.2. The number of ether oxygens (including phenoxy) is 2. The number of hydrogen-bond acceptors (Lipinski definition) is 4. The number of hydrogen-bond donors (Lipinski definition) is 0. The highest BCUT2D eigenvalue weighted by Gasteiger charge is 2.08.